The van der Waals surface area contributed by atoms with E-state index in [1.165, 1.54) is 0 Å². The number of carbonyl (C=O) groups is 2. The first kappa shape index (κ1) is 22.9. The molecule has 0 bridgehead atoms. The Bertz CT molecular complexity index is 741. The van der Waals surface area contributed by atoms with E-state index in [0.717, 1.165) is 19.3 Å². The van der Waals surface area contributed by atoms with Crippen molar-refractivity contribution in [2.24, 2.45) is 17.6 Å². The average Bonchev–Trinajstić information content (AvgIpc) is 3.13. The third-order valence-corrected chi connectivity index (χ3v) is 4.61. The highest BCUT2D eigenvalue weighted by Gasteiger charge is 2.31. The number of halogens is 2. The highest BCUT2D eigenvalue weighted by molar-refractivity contribution is 6.03. The van der Waals surface area contributed by atoms with Crippen LogP contribution in [-0.4, -0.2) is 23.3 Å². The summed E-state index contributed by atoms with van der Waals surface area (Å²) in [6.07, 6.45) is 4.48. The molecule has 1 aromatic heterocycles. The van der Waals surface area contributed by atoms with E-state index in [9.17, 15) is 9.59 Å². The molecule has 0 radical (unpaired) electrons. The number of rotatable bonds is 5. The van der Waals surface area contributed by atoms with Gasteiger partial charge in [-0.1, -0.05) is 24.6 Å². The summed E-state index contributed by atoms with van der Waals surface area (Å²) < 4.78 is 0. The summed E-state index contributed by atoms with van der Waals surface area (Å²) in [6, 6.07) is 12.3. The number of carbonyl (C=O) groups excluding carboxylic acids is 2. The highest BCUT2D eigenvalue weighted by atomic mass is 35.5. The van der Waals surface area contributed by atoms with E-state index in [0.29, 0.717) is 23.6 Å². The minimum atomic E-state index is -0.221. The molecule has 4 N–H and O–H groups in total. The van der Waals surface area contributed by atoms with E-state index in [1.807, 2.05) is 6.07 Å². The number of nitrogens with zero attached hydrogens (tertiary/aromatic N) is 1. The van der Waals surface area contributed by atoms with Crippen LogP contribution in [0.5, 0.6) is 0 Å². The summed E-state index contributed by atoms with van der Waals surface area (Å²) in [6.45, 7) is 0.542. The Morgan fingerprint density at radius 2 is 1.78 bits per heavy atom. The van der Waals surface area contributed by atoms with Gasteiger partial charge in [-0.15, -0.1) is 24.8 Å². The fourth-order valence-corrected chi connectivity index (χ4v) is 3.22. The molecule has 1 fully saturated rings. The van der Waals surface area contributed by atoms with Gasteiger partial charge in [-0.3, -0.25) is 9.59 Å². The van der Waals surface area contributed by atoms with Gasteiger partial charge in [0.25, 0.3) is 5.91 Å². The maximum atomic E-state index is 12.4. The minimum Gasteiger partial charge on any atom is -0.330 e. The molecule has 1 aliphatic rings. The van der Waals surface area contributed by atoms with Gasteiger partial charge in [0, 0.05) is 11.5 Å². The number of aromatic nitrogens is 1. The van der Waals surface area contributed by atoms with Gasteiger partial charge in [-0.05, 0) is 49.6 Å². The fourth-order valence-electron chi connectivity index (χ4n) is 3.22. The zero-order valence-electron chi connectivity index (χ0n) is 14.8. The zero-order valence-corrected chi connectivity index (χ0v) is 16.4. The first-order chi connectivity index (χ1) is 12.2. The van der Waals surface area contributed by atoms with Crippen molar-refractivity contribution in [3.63, 3.8) is 0 Å². The number of anilines is 2. The van der Waals surface area contributed by atoms with E-state index in [1.54, 1.807) is 42.6 Å². The van der Waals surface area contributed by atoms with E-state index < -0.39 is 0 Å². The van der Waals surface area contributed by atoms with Gasteiger partial charge in [0.1, 0.15) is 5.82 Å². The molecule has 0 aliphatic heterocycles. The van der Waals surface area contributed by atoms with Crippen molar-refractivity contribution in [2.45, 2.75) is 19.3 Å². The molecule has 8 heteroatoms. The smallest absolute Gasteiger partial charge is 0.256 e. The average molecular weight is 411 g/mol. The van der Waals surface area contributed by atoms with Crippen molar-refractivity contribution in [1.29, 1.82) is 0 Å². The Balaban J connectivity index is 0.00000182. The van der Waals surface area contributed by atoms with Crippen LogP contribution >= 0.6 is 24.8 Å². The maximum absolute atomic E-state index is 12.4. The second-order valence-electron chi connectivity index (χ2n) is 6.27. The van der Waals surface area contributed by atoms with Crippen LogP contribution in [0.25, 0.3) is 0 Å². The summed E-state index contributed by atoms with van der Waals surface area (Å²) >= 11 is 0. The van der Waals surface area contributed by atoms with Gasteiger partial charge in [0.15, 0.2) is 0 Å². The predicted octanol–water partition coefficient (Wildman–Crippen LogP) is 3.49. The van der Waals surface area contributed by atoms with Crippen LogP contribution in [0.4, 0.5) is 11.5 Å². The number of nitrogens with two attached hydrogens (primary N) is 1. The SMILES string of the molecule is Cl.Cl.NC[C@H]1CCC[C@H]1C(=O)Nc1ccc(NC(=O)c2ccccc2)nc1. The monoisotopic (exact) mass is 410 g/mol. The number of hydrogen-bond acceptors (Lipinski definition) is 4. The molecule has 1 heterocycles. The quantitative estimate of drug-likeness (QED) is 0.702. The normalized spacial score (nSPS) is 18.0. The second-order valence-corrected chi connectivity index (χ2v) is 6.27. The van der Waals surface area contributed by atoms with Crippen LogP contribution in [-0.2, 0) is 4.79 Å². The third-order valence-electron chi connectivity index (χ3n) is 4.61. The Labute approximate surface area is 171 Å². The lowest BCUT2D eigenvalue weighted by atomic mass is 9.95. The van der Waals surface area contributed by atoms with Gasteiger partial charge in [0.05, 0.1) is 11.9 Å². The molecule has 0 spiro atoms. The van der Waals surface area contributed by atoms with Crippen molar-refractivity contribution < 1.29 is 9.59 Å². The molecule has 0 saturated heterocycles. The molecule has 27 heavy (non-hydrogen) atoms. The maximum Gasteiger partial charge on any atom is 0.256 e. The molecule has 6 nitrogen and oxygen atoms in total. The first-order valence-corrected chi connectivity index (χ1v) is 8.51. The predicted molar refractivity (Wildman–Crippen MR) is 112 cm³/mol. The van der Waals surface area contributed by atoms with Crippen molar-refractivity contribution in [3.05, 3.63) is 54.2 Å². The Morgan fingerprint density at radius 3 is 2.41 bits per heavy atom. The minimum absolute atomic E-state index is 0. The molecular formula is C19H24Cl2N4O2. The van der Waals surface area contributed by atoms with Gasteiger partial charge in [0.2, 0.25) is 5.91 Å². The van der Waals surface area contributed by atoms with Crippen LogP contribution in [0, 0.1) is 11.8 Å². The molecule has 1 saturated carbocycles. The molecule has 2 atom stereocenters. The standard InChI is InChI=1S/C19H22N4O2.2ClH/c20-11-14-7-4-8-16(14)19(25)22-15-9-10-17(21-12-15)23-18(24)13-5-2-1-3-6-13;;/h1-3,5-6,9-10,12,14,16H,4,7-8,11,20H2,(H,22,25)(H,21,23,24);2*1H/t14-,16-;;/m1../s1. The lowest BCUT2D eigenvalue weighted by Crippen LogP contribution is -2.29. The van der Waals surface area contributed by atoms with Crippen LogP contribution in [0.2, 0.25) is 0 Å². The number of amides is 2. The van der Waals surface area contributed by atoms with E-state index in [-0.39, 0.29) is 48.5 Å². The highest BCUT2D eigenvalue weighted by Crippen LogP contribution is 2.31. The van der Waals surface area contributed by atoms with Crippen molar-refractivity contribution in [3.8, 4) is 0 Å². The van der Waals surface area contributed by atoms with Crippen LogP contribution < -0.4 is 16.4 Å². The molecule has 1 aromatic carbocycles. The van der Waals surface area contributed by atoms with E-state index >= 15 is 0 Å². The molecule has 1 aliphatic carbocycles. The molecule has 146 valence electrons. The summed E-state index contributed by atoms with van der Waals surface area (Å²) in [5, 5.41) is 5.62. The number of pyridine rings is 1. The van der Waals surface area contributed by atoms with Crippen LogP contribution in [0.3, 0.4) is 0 Å². The van der Waals surface area contributed by atoms with Gasteiger partial charge >= 0.3 is 0 Å². The number of hydrogen-bond donors (Lipinski definition) is 3. The van der Waals surface area contributed by atoms with Gasteiger partial charge in [-0.25, -0.2) is 4.98 Å². The van der Waals surface area contributed by atoms with Crippen molar-refractivity contribution in [2.75, 3.05) is 17.2 Å². The fraction of sp³-hybridized carbons (Fsp3) is 0.316. The topological polar surface area (TPSA) is 97.1 Å². The zero-order chi connectivity index (χ0) is 17.6. The first-order valence-electron chi connectivity index (χ1n) is 8.51. The molecular weight excluding hydrogens is 387 g/mol. The van der Waals surface area contributed by atoms with E-state index in [4.69, 9.17) is 5.73 Å². The van der Waals surface area contributed by atoms with E-state index in [2.05, 4.69) is 15.6 Å². The Hall–Kier alpha value is -2.15. The summed E-state index contributed by atoms with van der Waals surface area (Å²) in [5.74, 6) is 0.449. The third kappa shape index (κ3) is 5.92. The molecule has 2 amide bonds. The van der Waals surface area contributed by atoms with Gasteiger partial charge in [-0.2, -0.15) is 0 Å². The number of nitrogens with one attached hydrogen (secondary N) is 2. The van der Waals surface area contributed by atoms with Crippen LogP contribution in [0.1, 0.15) is 29.6 Å². The summed E-state index contributed by atoms with van der Waals surface area (Å²) in [7, 11) is 0. The molecule has 2 aromatic rings. The summed E-state index contributed by atoms with van der Waals surface area (Å²) in [4.78, 5) is 28.6. The molecule has 0 unspecified atom stereocenters. The Morgan fingerprint density at radius 1 is 1.04 bits per heavy atom. The Kier molecular flexibility index (Phi) is 9.21. The number of benzene rings is 1. The lowest BCUT2D eigenvalue weighted by Gasteiger charge is -2.17. The van der Waals surface area contributed by atoms with Crippen molar-refractivity contribution in [1.82, 2.24) is 4.98 Å². The largest absolute Gasteiger partial charge is 0.330 e. The van der Waals surface area contributed by atoms with Gasteiger partial charge < -0.3 is 16.4 Å². The second kappa shape index (κ2) is 10.9. The van der Waals surface area contributed by atoms with Crippen molar-refractivity contribution >= 4 is 48.1 Å². The van der Waals surface area contributed by atoms with Crippen LogP contribution in [0.15, 0.2) is 48.7 Å². The lowest BCUT2D eigenvalue weighted by molar-refractivity contribution is -0.120. The molecule has 3 rings (SSSR count). The summed E-state index contributed by atoms with van der Waals surface area (Å²) in [5.41, 5.74) is 6.92.